The summed E-state index contributed by atoms with van der Waals surface area (Å²) in [5, 5.41) is 15.2. The van der Waals surface area contributed by atoms with Crippen molar-refractivity contribution in [1.82, 2.24) is 24.6 Å². The maximum absolute atomic E-state index is 11.6. The van der Waals surface area contributed by atoms with Crippen molar-refractivity contribution in [3.63, 3.8) is 0 Å². The lowest BCUT2D eigenvalue weighted by Crippen LogP contribution is -2.37. The van der Waals surface area contributed by atoms with Gasteiger partial charge in [-0.3, -0.25) is 9.48 Å². The molecule has 11 nitrogen and oxygen atoms in total. The fourth-order valence-electron chi connectivity index (χ4n) is 4.12. The van der Waals surface area contributed by atoms with Crippen LogP contribution in [0.5, 0.6) is 0 Å². The first kappa shape index (κ1) is 23.1. The molecular weight excluding hydrogens is 438 g/mol. The molecule has 0 aromatic carbocycles. The summed E-state index contributed by atoms with van der Waals surface area (Å²) in [6, 6.07) is 5.37. The molecule has 0 aliphatic carbocycles. The van der Waals surface area contributed by atoms with Crippen LogP contribution in [-0.4, -0.2) is 55.9 Å². The van der Waals surface area contributed by atoms with Gasteiger partial charge in [0, 0.05) is 67.8 Å². The molecule has 4 aromatic rings. The lowest BCUT2D eigenvalue weighted by atomic mass is 10.0. The number of nitrogens with zero attached hydrogens (tertiary/aromatic N) is 6. The maximum Gasteiger partial charge on any atom is 0.219 e. The van der Waals surface area contributed by atoms with E-state index in [4.69, 9.17) is 15.3 Å². The van der Waals surface area contributed by atoms with Crippen molar-refractivity contribution in [3.05, 3.63) is 47.9 Å². The third-order valence-electron chi connectivity index (χ3n) is 5.91. The third kappa shape index (κ3) is 4.37. The number of furan rings is 1. The van der Waals surface area contributed by atoms with Crippen LogP contribution in [0.2, 0.25) is 0 Å². The molecule has 11 heteroatoms. The second-order valence-corrected chi connectivity index (χ2v) is 7.85. The molecule has 0 saturated carbocycles. The van der Waals surface area contributed by atoms with Gasteiger partial charge in [0.05, 0.1) is 12.2 Å². The number of hydrogen-bond donors (Lipinski definition) is 2. The average Bonchev–Trinajstić information content (AvgIpc) is 3.54. The maximum atomic E-state index is 11.6. The smallest absolute Gasteiger partial charge is 0.219 e. The van der Waals surface area contributed by atoms with E-state index in [0.717, 1.165) is 49.6 Å². The number of carbonyl (C=O) groups is 1. The Morgan fingerprint density at radius 3 is 2.56 bits per heavy atom. The van der Waals surface area contributed by atoms with Gasteiger partial charge in [0.2, 0.25) is 5.91 Å². The Morgan fingerprint density at radius 2 is 1.91 bits per heavy atom. The topological polar surface area (TPSA) is 153 Å². The molecule has 1 aliphatic heterocycles. The van der Waals surface area contributed by atoms with Crippen LogP contribution in [0, 0.1) is 4.91 Å². The zero-order valence-corrected chi connectivity index (χ0v) is 18.9. The predicted octanol–water partition coefficient (Wildman–Crippen LogP) is 3.53. The van der Waals surface area contributed by atoms with Gasteiger partial charge in [0.1, 0.15) is 5.76 Å². The molecule has 176 valence electrons. The van der Waals surface area contributed by atoms with Gasteiger partial charge in [-0.1, -0.05) is 0 Å². The second kappa shape index (κ2) is 9.79. The van der Waals surface area contributed by atoms with E-state index < -0.39 is 0 Å². The Labute approximate surface area is 195 Å². The molecule has 1 aliphatic rings. The Morgan fingerprint density at radius 1 is 1.15 bits per heavy atom. The number of rotatable bonds is 4. The van der Waals surface area contributed by atoms with Gasteiger partial charge in [-0.2, -0.15) is 5.10 Å². The number of hydrogen-bond acceptors (Lipinski definition) is 9. The summed E-state index contributed by atoms with van der Waals surface area (Å²) < 4.78 is 7.94. The van der Waals surface area contributed by atoms with Crippen molar-refractivity contribution in [2.24, 2.45) is 5.18 Å². The lowest BCUT2D eigenvalue weighted by Gasteiger charge is -2.31. The summed E-state index contributed by atoms with van der Waals surface area (Å²) in [6.45, 7) is 3.08. The molecule has 1 saturated heterocycles. The van der Waals surface area contributed by atoms with E-state index in [1.54, 1.807) is 19.2 Å². The van der Waals surface area contributed by atoms with E-state index in [0.29, 0.717) is 16.9 Å². The summed E-state index contributed by atoms with van der Waals surface area (Å²) in [5.74, 6) is 1.07. The fourth-order valence-corrected chi connectivity index (χ4v) is 4.12. The van der Waals surface area contributed by atoms with Crippen molar-refractivity contribution in [2.75, 3.05) is 25.9 Å². The highest BCUT2D eigenvalue weighted by Gasteiger charge is 2.23. The number of carbonyl (C=O) groups excluding carboxylic acids is 1. The van der Waals surface area contributed by atoms with Crippen LogP contribution >= 0.6 is 0 Å². The van der Waals surface area contributed by atoms with Crippen LogP contribution in [0.3, 0.4) is 0 Å². The molecule has 0 radical (unpaired) electrons. The number of aliphatic hydroxyl groups excluding tert-OH is 1. The standard InChI is InChI=1S/C22H21N7O3.CH4O/c1-13(30)28-6-4-16(5-7-28)29-12-15(10-26-29)18-11-25-22(23)21-17(18)8-19(32-21)14-2-3-20(27-31)24-9-14;1-2/h2-3,8-12,16H,4-7H2,1H3,(H2,23,25);2H,1H3. The van der Waals surface area contributed by atoms with Gasteiger partial charge in [0.25, 0.3) is 0 Å². The minimum Gasteiger partial charge on any atom is -0.452 e. The Kier molecular flexibility index (Phi) is 6.64. The molecule has 0 bridgehead atoms. The van der Waals surface area contributed by atoms with Crippen molar-refractivity contribution >= 4 is 28.5 Å². The normalized spacial score (nSPS) is 14.0. The van der Waals surface area contributed by atoms with Crippen molar-refractivity contribution in [2.45, 2.75) is 25.8 Å². The molecule has 0 unspecified atom stereocenters. The van der Waals surface area contributed by atoms with Crippen LogP contribution in [0.1, 0.15) is 25.8 Å². The number of piperidine rings is 1. The zero-order valence-electron chi connectivity index (χ0n) is 18.9. The number of nitrogen functional groups attached to an aromatic ring is 1. The molecular formula is C23H25N7O4. The lowest BCUT2D eigenvalue weighted by molar-refractivity contribution is -0.130. The number of fused-ring (bicyclic) bond motifs is 1. The highest BCUT2D eigenvalue weighted by Crippen LogP contribution is 2.37. The fraction of sp³-hybridized carbons (Fsp3) is 0.304. The summed E-state index contributed by atoms with van der Waals surface area (Å²) in [5.41, 5.74) is 9.02. The molecule has 1 amide bonds. The highest BCUT2D eigenvalue weighted by atomic mass is 16.3. The molecule has 0 atom stereocenters. The molecule has 5 heterocycles. The summed E-state index contributed by atoms with van der Waals surface area (Å²) >= 11 is 0. The molecule has 4 aromatic heterocycles. The number of anilines is 1. The molecule has 34 heavy (non-hydrogen) atoms. The minimum atomic E-state index is 0.105. The van der Waals surface area contributed by atoms with E-state index in [-0.39, 0.29) is 23.6 Å². The van der Waals surface area contributed by atoms with E-state index in [9.17, 15) is 9.70 Å². The van der Waals surface area contributed by atoms with Gasteiger partial charge < -0.3 is 20.2 Å². The Bertz CT molecular complexity index is 1300. The summed E-state index contributed by atoms with van der Waals surface area (Å²) in [6.07, 6.45) is 8.79. The molecule has 5 rings (SSSR count). The van der Waals surface area contributed by atoms with Gasteiger partial charge in [-0.15, -0.1) is 4.91 Å². The third-order valence-corrected chi connectivity index (χ3v) is 5.91. The first-order valence-electron chi connectivity index (χ1n) is 10.8. The van der Waals surface area contributed by atoms with Crippen LogP contribution in [0.4, 0.5) is 11.6 Å². The number of amides is 1. The van der Waals surface area contributed by atoms with Crippen LogP contribution in [0.25, 0.3) is 33.4 Å². The largest absolute Gasteiger partial charge is 0.452 e. The van der Waals surface area contributed by atoms with Crippen molar-refractivity contribution in [1.29, 1.82) is 0 Å². The van der Waals surface area contributed by atoms with Gasteiger partial charge in [0.15, 0.2) is 17.2 Å². The van der Waals surface area contributed by atoms with Gasteiger partial charge in [-0.05, 0) is 36.2 Å². The summed E-state index contributed by atoms with van der Waals surface area (Å²) in [7, 11) is 1.00. The quantitative estimate of drug-likeness (QED) is 0.436. The van der Waals surface area contributed by atoms with E-state index in [1.165, 1.54) is 12.3 Å². The predicted molar refractivity (Wildman–Crippen MR) is 127 cm³/mol. The summed E-state index contributed by atoms with van der Waals surface area (Å²) in [4.78, 5) is 32.4. The van der Waals surface area contributed by atoms with E-state index in [1.807, 2.05) is 28.0 Å². The number of aliphatic hydroxyl groups is 1. The number of nitroso groups, excluding NO2 is 1. The van der Waals surface area contributed by atoms with Crippen LogP contribution in [0.15, 0.2) is 52.6 Å². The highest BCUT2D eigenvalue weighted by molar-refractivity contribution is 6.00. The molecule has 3 N–H and O–H groups in total. The Hall–Kier alpha value is -4.12. The van der Waals surface area contributed by atoms with Crippen LogP contribution in [-0.2, 0) is 4.79 Å². The van der Waals surface area contributed by atoms with Crippen LogP contribution < -0.4 is 5.73 Å². The number of aromatic nitrogens is 4. The van der Waals surface area contributed by atoms with E-state index >= 15 is 0 Å². The molecule has 0 spiro atoms. The number of pyridine rings is 2. The molecule has 1 fully saturated rings. The minimum absolute atomic E-state index is 0.105. The monoisotopic (exact) mass is 463 g/mol. The second-order valence-electron chi connectivity index (χ2n) is 7.85. The zero-order chi connectivity index (χ0) is 24.2. The van der Waals surface area contributed by atoms with Crippen molar-refractivity contribution < 1.29 is 14.3 Å². The van der Waals surface area contributed by atoms with Gasteiger partial charge in [-0.25, -0.2) is 9.97 Å². The first-order valence-corrected chi connectivity index (χ1v) is 10.8. The number of likely N-dealkylation sites (tertiary alicyclic amines) is 1. The SMILES string of the molecule is CC(=O)N1CCC(n2cc(-c3cnc(N)c4oc(-c5ccc(N=O)nc5)cc34)cn2)CC1.CO. The number of nitrogens with two attached hydrogens (primary N) is 1. The Balaban J connectivity index is 0.00000133. The average molecular weight is 463 g/mol. The van der Waals surface area contributed by atoms with Crippen molar-refractivity contribution in [3.8, 4) is 22.5 Å². The van der Waals surface area contributed by atoms with Gasteiger partial charge >= 0.3 is 0 Å². The van der Waals surface area contributed by atoms with E-state index in [2.05, 4.69) is 20.2 Å². The first-order chi connectivity index (χ1) is 16.5.